The number of rotatable bonds is 2. The number of hydrogen-bond acceptors (Lipinski definition) is 0. The maximum Gasteiger partial charge on any atom is 0.108 e. The Balaban J connectivity index is 2.59. The maximum atomic E-state index is 13.7. The molecule has 0 saturated heterocycles. The quantitative estimate of drug-likeness (QED) is 0.591. The summed E-state index contributed by atoms with van der Waals surface area (Å²) in [6.07, 6.45) is 6.04. The van der Waals surface area contributed by atoms with E-state index in [0.717, 1.165) is 12.8 Å². The smallest absolute Gasteiger partial charge is 0.108 e. The standard InChI is InChI=1S/C11H21F/c1-4-9-7-5-6-8-10(9)11(2,3)12/h9-10H,4-8H2,1-3H3. The minimum Gasteiger partial charge on any atom is -0.244 e. The van der Waals surface area contributed by atoms with Gasteiger partial charge in [-0.05, 0) is 32.1 Å². The fourth-order valence-electron chi connectivity index (χ4n) is 2.60. The minimum atomic E-state index is -0.957. The first kappa shape index (κ1) is 10.0. The summed E-state index contributed by atoms with van der Waals surface area (Å²) in [6.45, 7) is 5.67. The van der Waals surface area contributed by atoms with E-state index >= 15 is 0 Å². The van der Waals surface area contributed by atoms with Crippen LogP contribution in [-0.4, -0.2) is 5.67 Å². The van der Waals surface area contributed by atoms with E-state index in [4.69, 9.17) is 0 Å². The molecule has 1 aliphatic rings. The lowest BCUT2D eigenvalue weighted by Gasteiger charge is -2.37. The van der Waals surface area contributed by atoms with Crippen molar-refractivity contribution in [2.45, 2.75) is 58.5 Å². The van der Waals surface area contributed by atoms with Gasteiger partial charge in [-0.1, -0.05) is 32.6 Å². The Bertz CT molecular complexity index is 134. The third-order valence-electron chi connectivity index (χ3n) is 3.32. The average Bonchev–Trinajstić information content (AvgIpc) is 2.03. The normalized spacial score (nSPS) is 32.0. The monoisotopic (exact) mass is 172 g/mol. The van der Waals surface area contributed by atoms with Crippen molar-refractivity contribution in [1.82, 2.24) is 0 Å². The zero-order valence-corrected chi connectivity index (χ0v) is 8.57. The van der Waals surface area contributed by atoms with Gasteiger partial charge in [-0.25, -0.2) is 4.39 Å². The molecule has 1 rings (SSSR count). The zero-order chi connectivity index (χ0) is 9.19. The highest BCUT2D eigenvalue weighted by molar-refractivity contribution is 4.85. The average molecular weight is 172 g/mol. The summed E-state index contributed by atoms with van der Waals surface area (Å²) in [7, 11) is 0. The molecular formula is C11H21F. The van der Waals surface area contributed by atoms with Gasteiger partial charge in [0.25, 0.3) is 0 Å². The van der Waals surface area contributed by atoms with E-state index in [1.807, 2.05) is 0 Å². The van der Waals surface area contributed by atoms with Crippen LogP contribution in [0, 0.1) is 11.8 Å². The first-order valence-corrected chi connectivity index (χ1v) is 5.24. The first-order valence-electron chi connectivity index (χ1n) is 5.24. The second-order valence-corrected chi connectivity index (χ2v) is 4.62. The minimum absolute atomic E-state index is 0.316. The molecule has 0 aromatic carbocycles. The van der Waals surface area contributed by atoms with Crippen LogP contribution in [0.25, 0.3) is 0 Å². The third kappa shape index (κ3) is 2.21. The van der Waals surface area contributed by atoms with Crippen molar-refractivity contribution in [3.8, 4) is 0 Å². The number of hydrogen-bond donors (Lipinski definition) is 0. The molecule has 0 aromatic heterocycles. The van der Waals surface area contributed by atoms with Gasteiger partial charge < -0.3 is 0 Å². The van der Waals surface area contributed by atoms with E-state index in [9.17, 15) is 4.39 Å². The van der Waals surface area contributed by atoms with E-state index in [0.29, 0.717) is 11.8 Å². The Morgan fingerprint density at radius 3 is 2.25 bits per heavy atom. The second kappa shape index (κ2) is 3.76. The topological polar surface area (TPSA) is 0 Å². The summed E-state index contributed by atoms with van der Waals surface area (Å²) in [6, 6.07) is 0. The third-order valence-corrected chi connectivity index (χ3v) is 3.32. The van der Waals surface area contributed by atoms with Gasteiger partial charge in [0.2, 0.25) is 0 Å². The molecule has 0 nitrogen and oxygen atoms in total. The molecule has 1 fully saturated rings. The number of alkyl halides is 1. The molecule has 1 aliphatic carbocycles. The van der Waals surface area contributed by atoms with Gasteiger partial charge in [0.05, 0.1) is 0 Å². The molecule has 1 saturated carbocycles. The van der Waals surface area contributed by atoms with Crippen LogP contribution in [0.3, 0.4) is 0 Å². The largest absolute Gasteiger partial charge is 0.244 e. The molecule has 0 aromatic rings. The molecule has 0 bridgehead atoms. The Hall–Kier alpha value is -0.0700. The van der Waals surface area contributed by atoms with E-state index in [-0.39, 0.29) is 0 Å². The SMILES string of the molecule is CCC1CCCCC1C(C)(C)F. The summed E-state index contributed by atoms with van der Waals surface area (Å²) in [4.78, 5) is 0. The van der Waals surface area contributed by atoms with E-state index in [2.05, 4.69) is 6.92 Å². The van der Waals surface area contributed by atoms with Crippen molar-refractivity contribution in [1.29, 1.82) is 0 Å². The van der Waals surface area contributed by atoms with Crippen LogP contribution in [0.4, 0.5) is 4.39 Å². The predicted octanol–water partition coefficient (Wildman–Crippen LogP) is 3.95. The van der Waals surface area contributed by atoms with Gasteiger partial charge in [0.1, 0.15) is 5.67 Å². The van der Waals surface area contributed by atoms with Crippen LogP contribution >= 0.6 is 0 Å². The zero-order valence-electron chi connectivity index (χ0n) is 8.57. The molecular weight excluding hydrogens is 151 g/mol. The molecule has 0 heterocycles. The van der Waals surface area contributed by atoms with Crippen molar-refractivity contribution in [2.24, 2.45) is 11.8 Å². The lowest BCUT2D eigenvalue weighted by Crippen LogP contribution is -2.34. The van der Waals surface area contributed by atoms with Gasteiger partial charge in [0, 0.05) is 0 Å². The fourth-order valence-corrected chi connectivity index (χ4v) is 2.60. The number of halogens is 1. The van der Waals surface area contributed by atoms with Gasteiger partial charge in [-0.15, -0.1) is 0 Å². The van der Waals surface area contributed by atoms with Gasteiger partial charge >= 0.3 is 0 Å². The fraction of sp³-hybridized carbons (Fsp3) is 1.00. The Kier molecular flexibility index (Phi) is 3.14. The highest BCUT2D eigenvalue weighted by atomic mass is 19.1. The Labute approximate surface area is 75.5 Å². The second-order valence-electron chi connectivity index (χ2n) is 4.62. The summed E-state index contributed by atoms with van der Waals surface area (Å²) < 4.78 is 13.7. The summed E-state index contributed by atoms with van der Waals surface area (Å²) in [5.74, 6) is 0.954. The van der Waals surface area contributed by atoms with Crippen LogP contribution in [-0.2, 0) is 0 Å². The van der Waals surface area contributed by atoms with E-state index in [1.54, 1.807) is 13.8 Å². The van der Waals surface area contributed by atoms with E-state index < -0.39 is 5.67 Å². The van der Waals surface area contributed by atoms with Crippen LogP contribution < -0.4 is 0 Å². The maximum absolute atomic E-state index is 13.7. The van der Waals surface area contributed by atoms with Gasteiger partial charge in [-0.2, -0.15) is 0 Å². The van der Waals surface area contributed by atoms with Crippen LogP contribution in [0.5, 0.6) is 0 Å². The highest BCUT2D eigenvalue weighted by Crippen LogP contribution is 2.40. The van der Waals surface area contributed by atoms with Crippen LogP contribution in [0.15, 0.2) is 0 Å². The molecule has 1 heteroatoms. The molecule has 2 unspecified atom stereocenters. The van der Waals surface area contributed by atoms with Gasteiger partial charge in [-0.3, -0.25) is 0 Å². The van der Waals surface area contributed by atoms with Crippen molar-refractivity contribution < 1.29 is 4.39 Å². The van der Waals surface area contributed by atoms with Crippen LogP contribution in [0.2, 0.25) is 0 Å². The summed E-state index contributed by atoms with van der Waals surface area (Å²) in [5, 5.41) is 0. The Morgan fingerprint density at radius 1 is 1.25 bits per heavy atom. The lowest BCUT2D eigenvalue weighted by atomic mass is 9.71. The molecule has 0 radical (unpaired) electrons. The molecule has 0 amide bonds. The predicted molar refractivity (Wildman–Crippen MR) is 50.9 cm³/mol. The summed E-state index contributed by atoms with van der Waals surface area (Å²) in [5.41, 5.74) is -0.957. The van der Waals surface area contributed by atoms with Crippen molar-refractivity contribution in [3.63, 3.8) is 0 Å². The Morgan fingerprint density at radius 2 is 1.83 bits per heavy atom. The first-order chi connectivity index (χ1) is 5.55. The van der Waals surface area contributed by atoms with Crippen LogP contribution in [0.1, 0.15) is 52.9 Å². The highest BCUT2D eigenvalue weighted by Gasteiger charge is 2.36. The lowest BCUT2D eigenvalue weighted by molar-refractivity contribution is 0.0475. The molecule has 0 aliphatic heterocycles. The van der Waals surface area contributed by atoms with Gasteiger partial charge in [0.15, 0.2) is 0 Å². The molecule has 0 spiro atoms. The molecule has 2 atom stereocenters. The van der Waals surface area contributed by atoms with Crippen molar-refractivity contribution in [3.05, 3.63) is 0 Å². The molecule has 0 N–H and O–H groups in total. The molecule has 12 heavy (non-hydrogen) atoms. The molecule has 72 valence electrons. The summed E-state index contributed by atoms with van der Waals surface area (Å²) >= 11 is 0. The van der Waals surface area contributed by atoms with Crippen molar-refractivity contribution >= 4 is 0 Å². The van der Waals surface area contributed by atoms with Crippen molar-refractivity contribution in [2.75, 3.05) is 0 Å². The van der Waals surface area contributed by atoms with E-state index in [1.165, 1.54) is 19.3 Å².